The van der Waals surface area contributed by atoms with Crippen LogP contribution in [0.5, 0.6) is 0 Å². The summed E-state index contributed by atoms with van der Waals surface area (Å²) in [6.07, 6.45) is 0. The Balaban J connectivity index is 2.51. The molecule has 0 spiro atoms. The maximum atomic E-state index is 12.8. The number of methoxy groups -OCH3 is 1. The van der Waals surface area contributed by atoms with Crippen LogP contribution in [0.2, 0.25) is 0 Å². The van der Waals surface area contributed by atoms with Gasteiger partial charge in [0.05, 0.1) is 12.3 Å². The van der Waals surface area contributed by atoms with Crippen LogP contribution in [0.25, 0.3) is 11.4 Å². The van der Waals surface area contributed by atoms with E-state index in [0.29, 0.717) is 21.6 Å². The van der Waals surface area contributed by atoms with Crippen LogP contribution in [0, 0.1) is 5.82 Å². The molecule has 0 saturated carbocycles. The number of H-pyrrole nitrogens is 1. The molecule has 0 aliphatic rings. The van der Waals surface area contributed by atoms with Gasteiger partial charge in [0.15, 0.2) is 0 Å². The monoisotopic (exact) mass is 312 g/mol. The van der Waals surface area contributed by atoms with Gasteiger partial charge in [-0.2, -0.15) is 0 Å². The van der Waals surface area contributed by atoms with E-state index in [1.807, 2.05) is 0 Å². The van der Waals surface area contributed by atoms with E-state index in [0.717, 1.165) is 0 Å². The number of hydrogen-bond acceptors (Lipinski definition) is 3. The summed E-state index contributed by atoms with van der Waals surface area (Å²) in [5.74, 6) is 0.0468. The van der Waals surface area contributed by atoms with Gasteiger partial charge in [0.1, 0.15) is 16.1 Å². The topological polar surface area (TPSA) is 55.0 Å². The average molecular weight is 313 g/mol. The first-order chi connectivity index (χ1) is 8.61. The summed E-state index contributed by atoms with van der Waals surface area (Å²) in [6, 6.07) is 5.73. The second kappa shape index (κ2) is 5.41. The number of nitrogens with zero attached hydrogens (tertiary/aromatic N) is 1. The Bertz CT molecular complexity index is 610. The molecule has 6 heteroatoms. The van der Waals surface area contributed by atoms with Crippen LogP contribution >= 0.6 is 15.9 Å². The van der Waals surface area contributed by atoms with Gasteiger partial charge < -0.3 is 9.72 Å². The van der Waals surface area contributed by atoms with Crippen molar-refractivity contribution in [1.29, 1.82) is 0 Å². The maximum Gasteiger partial charge on any atom is 0.265 e. The Labute approximate surface area is 111 Å². The molecule has 0 fully saturated rings. The van der Waals surface area contributed by atoms with Gasteiger partial charge in [-0.3, -0.25) is 4.79 Å². The van der Waals surface area contributed by atoms with Gasteiger partial charge in [0.25, 0.3) is 5.56 Å². The van der Waals surface area contributed by atoms with Gasteiger partial charge in [0.2, 0.25) is 0 Å². The summed E-state index contributed by atoms with van der Waals surface area (Å²) in [6.45, 7) is 0.221. The van der Waals surface area contributed by atoms with Crippen molar-refractivity contribution in [3.63, 3.8) is 0 Å². The van der Waals surface area contributed by atoms with Crippen LogP contribution in [-0.2, 0) is 11.3 Å². The van der Waals surface area contributed by atoms with E-state index in [4.69, 9.17) is 4.74 Å². The zero-order valence-electron chi connectivity index (χ0n) is 9.54. The SMILES string of the molecule is COCc1nc(-c2ccc(F)cc2)[nH]c(=O)c1Br. The fourth-order valence-corrected chi connectivity index (χ4v) is 1.78. The predicted octanol–water partition coefficient (Wildman–Crippen LogP) is 2.48. The molecule has 1 N–H and O–H groups in total. The van der Waals surface area contributed by atoms with E-state index in [2.05, 4.69) is 25.9 Å². The highest BCUT2D eigenvalue weighted by Crippen LogP contribution is 2.17. The average Bonchev–Trinajstić information content (AvgIpc) is 2.36. The number of halogens is 2. The minimum atomic E-state index is -0.338. The number of aromatic amines is 1. The van der Waals surface area contributed by atoms with Crippen LogP contribution in [0.15, 0.2) is 33.5 Å². The largest absolute Gasteiger partial charge is 0.378 e. The Morgan fingerprint density at radius 2 is 2.06 bits per heavy atom. The number of benzene rings is 1. The highest BCUT2D eigenvalue weighted by Gasteiger charge is 2.10. The van der Waals surface area contributed by atoms with Gasteiger partial charge in [-0.1, -0.05) is 0 Å². The van der Waals surface area contributed by atoms with Crippen molar-refractivity contribution in [2.45, 2.75) is 6.61 Å². The molecule has 0 saturated heterocycles. The third-order valence-electron chi connectivity index (χ3n) is 2.33. The van der Waals surface area contributed by atoms with Gasteiger partial charge in [0, 0.05) is 12.7 Å². The molecule has 4 nitrogen and oxygen atoms in total. The van der Waals surface area contributed by atoms with Crippen molar-refractivity contribution in [3.05, 3.63) is 50.6 Å². The summed E-state index contributed by atoms with van der Waals surface area (Å²) < 4.78 is 18.1. The zero-order valence-corrected chi connectivity index (χ0v) is 11.1. The van der Waals surface area contributed by atoms with Crippen molar-refractivity contribution in [2.75, 3.05) is 7.11 Å². The molecule has 1 aromatic carbocycles. The molecular weight excluding hydrogens is 303 g/mol. The molecule has 1 heterocycles. The first-order valence-corrected chi connectivity index (χ1v) is 5.94. The van der Waals surface area contributed by atoms with E-state index < -0.39 is 0 Å². The predicted molar refractivity (Wildman–Crippen MR) is 68.7 cm³/mol. The summed E-state index contributed by atoms with van der Waals surface area (Å²) in [5, 5.41) is 0. The van der Waals surface area contributed by atoms with Gasteiger partial charge in [-0.15, -0.1) is 0 Å². The molecule has 0 bridgehead atoms. The zero-order chi connectivity index (χ0) is 13.1. The van der Waals surface area contributed by atoms with Crippen molar-refractivity contribution in [2.24, 2.45) is 0 Å². The van der Waals surface area contributed by atoms with Crippen molar-refractivity contribution in [3.8, 4) is 11.4 Å². The second-order valence-corrected chi connectivity index (χ2v) is 4.41. The molecule has 1 aromatic heterocycles. The molecule has 0 aliphatic carbocycles. The lowest BCUT2D eigenvalue weighted by Crippen LogP contribution is -2.14. The Kier molecular flexibility index (Phi) is 3.88. The van der Waals surface area contributed by atoms with Crippen molar-refractivity contribution in [1.82, 2.24) is 9.97 Å². The highest BCUT2D eigenvalue weighted by molar-refractivity contribution is 9.10. The van der Waals surface area contributed by atoms with Crippen molar-refractivity contribution < 1.29 is 9.13 Å². The molecule has 0 aliphatic heterocycles. The smallest absolute Gasteiger partial charge is 0.265 e. The van der Waals surface area contributed by atoms with E-state index in [1.165, 1.54) is 19.2 Å². The van der Waals surface area contributed by atoms with E-state index in [-0.39, 0.29) is 18.0 Å². The van der Waals surface area contributed by atoms with Gasteiger partial charge >= 0.3 is 0 Å². The quantitative estimate of drug-likeness (QED) is 0.947. The lowest BCUT2D eigenvalue weighted by Gasteiger charge is -2.06. The minimum absolute atomic E-state index is 0.221. The van der Waals surface area contributed by atoms with Crippen molar-refractivity contribution >= 4 is 15.9 Å². The summed E-state index contributed by atoms with van der Waals surface area (Å²) in [5.41, 5.74) is 0.843. The molecule has 0 radical (unpaired) electrons. The first-order valence-electron chi connectivity index (χ1n) is 5.15. The maximum absolute atomic E-state index is 12.8. The summed E-state index contributed by atoms with van der Waals surface area (Å²) in [4.78, 5) is 18.6. The number of nitrogens with one attached hydrogen (secondary N) is 1. The van der Waals surface area contributed by atoms with Crippen LogP contribution in [-0.4, -0.2) is 17.1 Å². The molecule has 2 aromatic rings. The summed E-state index contributed by atoms with van der Waals surface area (Å²) in [7, 11) is 1.52. The lowest BCUT2D eigenvalue weighted by atomic mass is 10.2. The number of ether oxygens (including phenoxy) is 1. The third kappa shape index (κ3) is 2.65. The molecule has 2 rings (SSSR count). The molecule has 0 unspecified atom stereocenters. The number of hydrogen-bond donors (Lipinski definition) is 1. The van der Waals surface area contributed by atoms with Crippen LogP contribution in [0.1, 0.15) is 5.69 Å². The standard InChI is InChI=1S/C12H10BrFN2O2/c1-18-6-9-10(13)12(17)16-11(15-9)7-2-4-8(14)5-3-7/h2-5H,6H2,1H3,(H,15,16,17). The second-order valence-electron chi connectivity index (χ2n) is 3.62. The van der Waals surface area contributed by atoms with Crippen LogP contribution in [0.4, 0.5) is 4.39 Å². The summed E-state index contributed by atoms with van der Waals surface area (Å²) >= 11 is 3.15. The van der Waals surface area contributed by atoms with E-state index in [9.17, 15) is 9.18 Å². The third-order valence-corrected chi connectivity index (χ3v) is 3.15. The number of rotatable bonds is 3. The van der Waals surface area contributed by atoms with Gasteiger partial charge in [-0.25, -0.2) is 9.37 Å². The highest BCUT2D eigenvalue weighted by atomic mass is 79.9. The van der Waals surface area contributed by atoms with Crippen LogP contribution in [0.3, 0.4) is 0 Å². The fraction of sp³-hybridized carbons (Fsp3) is 0.167. The minimum Gasteiger partial charge on any atom is -0.378 e. The van der Waals surface area contributed by atoms with E-state index in [1.54, 1.807) is 12.1 Å². The molecule has 0 atom stereocenters. The Morgan fingerprint density at radius 3 is 2.67 bits per heavy atom. The van der Waals surface area contributed by atoms with E-state index >= 15 is 0 Å². The molecule has 94 valence electrons. The molecular formula is C12H10BrFN2O2. The fourth-order valence-electron chi connectivity index (χ4n) is 1.48. The Hall–Kier alpha value is -1.53. The normalized spacial score (nSPS) is 10.6. The first kappa shape index (κ1) is 12.9. The van der Waals surface area contributed by atoms with Gasteiger partial charge in [-0.05, 0) is 40.2 Å². The molecule has 18 heavy (non-hydrogen) atoms. The number of aromatic nitrogens is 2. The lowest BCUT2D eigenvalue weighted by molar-refractivity contribution is 0.180. The van der Waals surface area contributed by atoms with Crippen LogP contribution < -0.4 is 5.56 Å². The Morgan fingerprint density at radius 1 is 1.39 bits per heavy atom. The molecule has 0 amide bonds.